The van der Waals surface area contributed by atoms with Gasteiger partial charge in [-0.1, -0.05) is 17.3 Å². The summed E-state index contributed by atoms with van der Waals surface area (Å²) in [6.07, 6.45) is 5.43. The topological polar surface area (TPSA) is 74.4 Å². The van der Waals surface area contributed by atoms with Gasteiger partial charge in [0, 0.05) is 44.5 Å². The van der Waals surface area contributed by atoms with Crippen LogP contribution in [-0.4, -0.2) is 81.3 Å². The minimum absolute atomic E-state index is 0. The van der Waals surface area contributed by atoms with E-state index in [-0.39, 0.29) is 49.6 Å². The summed E-state index contributed by atoms with van der Waals surface area (Å²) in [5.41, 5.74) is 1.39. The standard InChI is InChI=1S/C25H33N7O.4ClH/c1-19(2)30-15-10-20(11-16-30)31-13-6-14-32(18-17-31)23-9-5-8-21(27-23)24-28-25(33-29-24)22-7-3-4-12-26-22;;;;/h3-5,7-9,12,19-20H,6,10-11,13-18H2,1-2H3;4*1H. The summed E-state index contributed by atoms with van der Waals surface area (Å²) in [7, 11) is 0. The fourth-order valence-corrected chi connectivity index (χ4v) is 4.94. The maximum absolute atomic E-state index is 5.43. The van der Waals surface area contributed by atoms with E-state index in [0.29, 0.717) is 29.5 Å². The van der Waals surface area contributed by atoms with E-state index in [4.69, 9.17) is 9.51 Å². The van der Waals surface area contributed by atoms with Crippen LogP contribution in [0.25, 0.3) is 23.1 Å². The zero-order chi connectivity index (χ0) is 22.6. The first kappa shape index (κ1) is 33.3. The van der Waals surface area contributed by atoms with Gasteiger partial charge in [0.25, 0.3) is 5.89 Å². The van der Waals surface area contributed by atoms with Crippen molar-refractivity contribution < 1.29 is 4.52 Å². The lowest BCUT2D eigenvalue weighted by Gasteiger charge is -2.39. The predicted octanol–water partition coefficient (Wildman–Crippen LogP) is 5.27. The molecule has 2 aliphatic heterocycles. The number of hydrogen-bond donors (Lipinski definition) is 0. The number of pyridine rings is 2. The molecule has 8 nitrogen and oxygen atoms in total. The van der Waals surface area contributed by atoms with Crippen LogP contribution in [0.15, 0.2) is 47.1 Å². The fourth-order valence-electron chi connectivity index (χ4n) is 4.94. The van der Waals surface area contributed by atoms with Crippen molar-refractivity contribution in [3.63, 3.8) is 0 Å². The van der Waals surface area contributed by atoms with Gasteiger partial charge >= 0.3 is 0 Å². The molecule has 0 unspecified atom stereocenters. The lowest BCUT2D eigenvalue weighted by Crippen LogP contribution is -2.47. The van der Waals surface area contributed by atoms with E-state index in [1.807, 2.05) is 30.3 Å². The second-order valence-electron chi connectivity index (χ2n) is 9.26. The van der Waals surface area contributed by atoms with Crippen LogP contribution < -0.4 is 4.90 Å². The second-order valence-corrected chi connectivity index (χ2v) is 9.26. The second kappa shape index (κ2) is 15.7. The zero-order valence-electron chi connectivity index (χ0n) is 21.2. The molecule has 0 atom stereocenters. The minimum Gasteiger partial charge on any atom is -0.355 e. The molecule has 5 heterocycles. The lowest BCUT2D eigenvalue weighted by molar-refractivity contribution is 0.0965. The van der Waals surface area contributed by atoms with Gasteiger partial charge < -0.3 is 14.3 Å². The highest BCUT2D eigenvalue weighted by Crippen LogP contribution is 2.24. The number of nitrogens with zero attached hydrogens (tertiary/aromatic N) is 7. The van der Waals surface area contributed by atoms with Gasteiger partial charge in [0.1, 0.15) is 17.2 Å². The van der Waals surface area contributed by atoms with Gasteiger partial charge in [-0.05, 0) is 70.5 Å². The first-order valence-electron chi connectivity index (χ1n) is 12.1. The van der Waals surface area contributed by atoms with E-state index in [1.54, 1.807) is 6.20 Å². The first-order valence-corrected chi connectivity index (χ1v) is 12.1. The molecule has 0 N–H and O–H groups in total. The fraction of sp³-hybridized carbons (Fsp3) is 0.520. The number of hydrogen-bond acceptors (Lipinski definition) is 8. The van der Waals surface area contributed by atoms with Crippen LogP contribution >= 0.6 is 49.6 Å². The molecular weight excluding hydrogens is 556 g/mol. The van der Waals surface area contributed by atoms with Crippen molar-refractivity contribution in [1.82, 2.24) is 29.9 Å². The van der Waals surface area contributed by atoms with Crippen LogP contribution in [0.3, 0.4) is 0 Å². The smallest absolute Gasteiger partial charge is 0.276 e. The van der Waals surface area contributed by atoms with Crippen molar-refractivity contribution in [2.75, 3.05) is 44.2 Å². The van der Waals surface area contributed by atoms with Crippen molar-refractivity contribution in [2.45, 2.75) is 45.2 Å². The Morgan fingerprint density at radius 2 is 1.57 bits per heavy atom. The molecule has 3 aromatic heterocycles. The Balaban J connectivity index is 0.00000171. The van der Waals surface area contributed by atoms with Gasteiger partial charge in [0.2, 0.25) is 5.82 Å². The minimum atomic E-state index is 0. The van der Waals surface area contributed by atoms with Gasteiger partial charge in [0.05, 0.1) is 0 Å². The molecule has 2 saturated heterocycles. The molecular formula is C25H37Cl4N7O. The average molecular weight is 593 g/mol. The SMILES string of the molecule is CC(C)N1CCC(N2CCCN(c3cccc(-c4noc(-c5ccccn5)n4)n3)CC2)CC1.Cl.Cl.Cl.Cl. The molecule has 2 aliphatic rings. The van der Waals surface area contributed by atoms with Crippen molar-refractivity contribution in [3.05, 3.63) is 42.6 Å². The number of aromatic nitrogens is 4. The van der Waals surface area contributed by atoms with E-state index in [0.717, 1.165) is 37.6 Å². The predicted molar refractivity (Wildman–Crippen MR) is 158 cm³/mol. The van der Waals surface area contributed by atoms with Crippen LogP contribution in [0.2, 0.25) is 0 Å². The molecule has 0 saturated carbocycles. The zero-order valence-corrected chi connectivity index (χ0v) is 24.5. The molecule has 37 heavy (non-hydrogen) atoms. The highest BCUT2D eigenvalue weighted by molar-refractivity contribution is 5.86. The summed E-state index contributed by atoms with van der Waals surface area (Å²) in [4.78, 5) is 21.4. The monoisotopic (exact) mass is 591 g/mol. The van der Waals surface area contributed by atoms with Crippen LogP contribution in [0.1, 0.15) is 33.1 Å². The molecule has 0 bridgehead atoms. The number of anilines is 1. The maximum atomic E-state index is 5.43. The maximum Gasteiger partial charge on any atom is 0.276 e. The Morgan fingerprint density at radius 1 is 0.811 bits per heavy atom. The highest BCUT2D eigenvalue weighted by Gasteiger charge is 2.27. The molecule has 0 aliphatic carbocycles. The summed E-state index contributed by atoms with van der Waals surface area (Å²) in [6.45, 7) is 11.3. The van der Waals surface area contributed by atoms with Gasteiger partial charge in [-0.2, -0.15) is 4.98 Å². The number of piperidine rings is 1. The average Bonchev–Trinajstić information content (AvgIpc) is 3.23. The van der Waals surface area contributed by atoms with Gasteiger partial charge in [-0.25, -0.2) is 4.98 Å². The van der Waals surface area contributed by atoms with Crippen LogP contribution in [0.5, 0.6) is 0 Å². The van der Waals surface area contributed by atoms with Crippen molar-refractivity contribution in [1.29, 1.82) is 0 Å². The Morgan fingerprint density at radius 3 is 2.27 bits per heavy atom. The Bertz CT molecular complexity index is 1050. The lowest BCUT2D eigenvalue weighted by atomic mass is 10.0. The third-order valence-corrected chi connectivity index (χ3v) is 6.87. The van der Waals surface area contributed by atoms with Gasteiger partial charge in [0.15, 0.2) is 0 Å². The normalized spacial score (nSPS) is 17.1. The quantitative estimate of drug-likeness (QED) is 0.397. The third kappa shape index (κ3) is 8.15. The molecule has 0 radical (unpaired) electrons. The summed E-state index contributed by atoms with van der Waals surface area (Å²) in [5, 5.41) is 4.14. The molecule has 206 valence electrons. The van der Waals surface area contributed by atoms with Crippen LogP contribution in [0, 0.1) is 0 Å². The molecule has 12 heteroatoms. The first-order chi connectivity index (χ1) is 16.2. The molecule has 0 amide bonds. The van der Waals surface area contributed by atoms with Crippen LogP contribution in [-0.2, 0) is 0 Å². The molecule has 3 aromatic rings. The Labute approximate surface area is 244 Å². The third-order valence-electron chi connectivity index (χ3n) is 6.87. The van der Waals surface area contributed by atoms with Crippen molar-refractivity contribution in [2.24, 2.45) is 0 Å². The van der Waals surface area contributed by atoms with Gasteiger partial charge in [-0.3, -0.25) is 9.88 Å². The van der Waals surface area contributed by atoms with E-state index < -0.39 is 0 Å². The molecule has 5 rings (SSSR count). The molecule has 0 aromatic carbocycles. The number of halogens is 4. The summed E-state index contributed by atoms with van der Waals surface area (Å²) < 4.78 is 5.43. The molecule has 2 fully saturated rings. The van der Waals surface area contributed by atoms with Crippen molar-refractivity contribution >= 4 is 55.4 Å². The largest absolute Gasteiger partial charge is 0.355 e. The van der Waals surface area contributed by atoms with E-state index in [1.165, 1.54) is 32.5 Å². The number of rotatable bonds is 5. The van der Waals surface area contributed by atoms with Gasteiger partial charge in [-0.15, -0.1) is 49.6 Å². The molecule has 0 spiro atoms. The van der Waals surface area contributed by atoms with E-state index in [9.17, 15) is 0 Å². The van der Waals surface area contributed by atoms with E-state index in [2.05, 4.69) is 49.7 Å². The highest BCUT2D eigenvalue weighted by atomic mass is 35.5. The summed E-state index contributed by atoms with van der Waals surface area (Å²) in [6, 6.07) is 13.0. The Hall–Kier alpha value is -1.68. The summed E-state index contributed by atoms with van der Waals surface area (Å²) in [5.74, 6) is 1.88. The van der Waals surface area contributed by atoms with E-state index >= 15 is 0 Å². The van der Waals surface area contributed by atoms with Crippen LogP contribution in [0.4, 0.5) is 5.82 Å². The van der Waals surface area contributed by atoms with Crippen molar-refractivity contribution in [3.8, 4) is 23.1 Å². The Kier molecular flexibility index (Phi) is 14.1. The number of likely N-dealkylation sites (tertiary alicyclic amines) is 1. The summed E-state index contributed by atoms with van der Waals surface area (Å²) >= 11 is 0.